The number of rotatable bonds is 0. The highest BCUT2D eigenvalue weighted by Gasteiger charge is 2.09. The van der Waals surface area contributed by atoms with Gasteiger partial charge in [0.05, 0.1) is 0 Å². The molecule has 1 heterocycles. The van der Waals surface area contributed by atoms with Gasteiger partial charge in [-0.3, -0.25) is 0 Å². The Morgan fingerprint density at radius 3 is 2.33 bits per heavy atom. The second-order valence-electron chi connectivity index (χ2n) is 2.66. The van der Waals surface area contributed by atoms with Gasteiger partial charge in [-0.15, -0.1) is 0 Å². The summed E-state index contributed by atoms with van der Waals surface area (Å²) in [4.78, 5) is 0. The summed E-state index contributed by atoms with van der Waals surface area (Å²) in [5.74, 6) is 1.38. The van der Waals surface area contributed by atoms with Crippen molar-refractivity contribution in [2.45, 2.75) is 6.92 Å². The molecule has 0 fully saturated rings. The Balaban J connectivity index is 2.53. The van der Waals surface area contributed by atoms with Crippen LogP contribution in [0.2, 0.25) is 0 Å². The van der Waals surface area contributed by atoms with Gasteiger partial charge >= 0.3 is 0 Å². The first kappa shape index (κ1) is 7.03. The van der Waals surface area contributed by atoms with E-state index in [9.17, 15) is 0 Å². The molecule has 0 saturated carbocycles. The van der Waals surface area contributed by atoms with Gasteiger partial charge in [0, 0.05) is 11.8 Å². The minimum Gasteiger partial charge on any atom is -0.458 e. The molecule has 1 aliphatic rings. The number of benzene rings is 1. The largest absolute Gasteiger partial charge is 0.458 e. The quantitative estimate of drug-likeness (QED) is 0.593. The monoisotopic (exact) mass is 163 g/mol. The van der Waals surface area contributed by atoms with E-state index < -0.39 is 0 Å². The van der Waals surface area contributed by atoms with E-state index in [-0.39, 0.29) is 0 Å². The molecule has 0 amide bonds. The summed E-state index contributed by atoms with van der Waals surface area (Å²) in [5, 5.41) is 0. The number of aryl methyl sites for hydroxylation is 1. The second-order valence-corrected chi connectivity index (χ2v) is 2.66. The Hall–Kier alpha value is -1.64. The molecular formula is C9H9NO2. The van der Waals surface area contributed by atoms with Crippen LogP contribution in [0.4, 0.5) is 5.69 Å². The van der Waals surface area contributed by atoms with Crippen molar-refractivity contribution < 1.29 is 9.47 Å². The number of ether oxygens (including phenoxy) is 2. The topological polar surface area (TPSA) is 44.5 Å². The standard InChI is InChI=1S/C9H9NO2/c1-6-4-8-9(5-7(6)10)12-3-2-11-8/h2-5H,10H2,1H3. The van der Waals surface area contributed by atoms with Gasteiger partial charge in [0.15, 0.2) is 11.5 Å². The SMILES string of the molecule is Cc1cc2c(cc1N)OC=CO2. The van der Waals surface area contributed by atoms with Gasteiger partial charge in [0.1, 0.15) is 12.5 Å². The van der Waals surface area contributed by atoms with Gasteiger partial charge < -0.3 is 15.2 Å². The molecule has 2 rings (SSSR count). The molecule has 0 spiro atoms. The Labute approximate surface area is 70.4 Å². The van der Waals surface area contributed by atoms with Crippen molar-refractivity contribution in [1.29, 1.82) is 0 Å². The van der Waals surface area contributed by atoms with Gasteiger partial charge in [0.25, 0.3) is 0 Å². The zero-order chi connectivity index (χ0) is 8.55. The zero-order valence-corrected chi connectivity index (χ0v) is 6.70. The first-order chi connectivity index (χ1) is 5.77. The fraction of sp³-hybridized carbons (Fsp3) is 0.111. The van der Waals surface area contributed by atoms with E-state index in [1.54, 1.807) is 6.07 Å². The minimum atomic E-state index is 0.667. The number of hydrogen-bond donors (Lipinski definition) is 1. The summed E-state index contributed by atoms with van der Waals surface area (Å²) >= 11 is 0. The number of anilines is 1. The predicted octanol–water partition coefficient (Wildman–Crippen LogP) is 1.82. The Bertz CT molecular complexity index is 312. The molecule has 1 aliphatic heterocycles. The number of nitrogen functional groups attached to an aromatic ring is 1. The van der Waals surface area contributed by atoms with Crippen LogP contribution in [-0.2, 0) is 0 Å². The van der Waals surface area contributed by atoms with E-state index in [4.69, 9.17) is 15.2 Å². The summed E-state index contributed by atoms with van der Waals surface area (Å²) in [7, 11) is 0. The molecule has 2 N–H and O–H groups in total. The summed E-state index contributed by atoms with van der Waals surface area (Å²) in [6.07, 6.45) is 2.98. The molecule has 0 unspecified atom stereocenters. The Morgan fingerprint density at radius 2 is 1.67 bits per heavy atom. The first-order valence-corrected chi connectivity index (χ1v) is 3.66. The lowest BCUT2D eigenvalue weighted by Crippen LogP contribution is -1.98. The average molecular weight is 163 g/mol. The maximum atomic E-state index is 5.68. The molecule has 3 nitrogen and oxygen atoms in total. The van der Waals surface area contributed by atoms with Crippen LogP contribution in [0.25, 0.3) is 0 Å². The smallest absolute Gasteiger partial charge is 0.171 e. The van der Waals surface area contributed by atoms with E-state index in [1.165, 1.54) is 12.5 Å². The molecule has 12 heavy (non-hydrogen) atoms. The number of nitrogens with two attached hydrogens (primary N) is 1. The molecule has 0 aromatic heterocycles. The van der Waals surface area contributed by atoms with Gasteiger partial charge in [-0.2, -0.15) is 0 Å². The highest BCUT2D eigenvalue weighted by molar-refractivity contribution is 5.58. The highest BCUT2D eigenvalue weighted by Crippen LogP contribution is 2.34. The van der Waals surface area contributed by atoms with E-state index in [2.05, 4.69) is 0 Å². The van der Waals surface area contributed by atoms with Gasteiger partial charge in [-0.25, -0.2) is 0 Å². The molecule has 0 saturated heterocycles. The van der Waals surface area contributed by atoms with E-state index in [1.807, 2.05) is 13.0 Å². The van der Waals surface area contributed by atoms with Crippen LogP contribution in [0, 0.1) is 6.92 Å². The fourth-order valence-electron chi connectivity index (χ4n) is 1.06. The van der Waals surface area contributed by atoms with Crippen LogP contribution in [0.5, 0.6) is 11.5 Å². The van der Waals surface area contributed by atoms with Crippen molar-refractivity contribution in [3.8, 4) is 11.5 Å². The van der Waals surface area contributed by atoms with Crippen LogP contribution < -0.4 is 15.2 Å². The molecule has 0 atom stereocenters. The number of hydrogen-bond acceptors (Lipinski definition) is 3. The Kier molecular flexibility index (Phi) is 1.43. The zero-order valence-electron chi connectivity index (χ0n) is 6.70. The number of fused-ring (bicyclic) bond motifs is 1. The maximum Gasteiger partial charge on any atom is 0.171 e. The second kappa shape index (κ2) is 2.44. The van der Waals surface area contributed by atoms with Crippen molar-refractivity contribution in [1.82, 2.24) is 0 Å². The molecule has 62 valence electrons. The third-order valence-electron chi connectivity index (χ3n) is 1.78. The van der Waals surface area contributed by atoms with E-state index in [0.29, 0.717) is 17.2 Å². The lowest BCUT2D eigenvalue weighted by molar-refractivity contribution is 0.361. The lowest BCUT2D eigenvalue weighted by atomic mass is 10.2. The van der Waals surface area contributed by atoms with Gasteiger partial charge in [-0.1, -0.05) is 0 Å². The lowest BCUT2D eigenvalue weighted by Gasteiger charge is -2.13. The summed E-state index contributed by atoms with van der Waals surface area (Å²) in [5.41, 5.74) is 7.39. The van der Waals surface area contributed by atoms with Crippen LogP contribution in [0.15, 0.2) is 24.7 Å². The molecule has 3 heteroatoms. The van der Waals surface area contributed by atoms with E-state index >= 15 is 0 Å². The van der Waals surface area contributed by atoms with Crippen molar-refractivity contribution in [3.05, 3.63) is 30.2 Å². The van der Waals surface area contributed by atoms with Crippen LogP contribution in [0.3, 0.4) is 0 Å². The fourth-order valence-corrected chi connectivity index (χ4v) is 1.06. The van der Waals surface area contributed by atoms with Crippen LogP contribution in [-0.4, -0.2) is 0 Å². The summed E-state index contributed by atoms with van der Waals surface area (Å²) < 4.78 is 10.4. The molecule has 0 bridgehead atoms. The van der Waals surface area contributed by atoms with Crippen molar-refractivity contribution in [3.63, 3.8) is 0 Å². The normalized spacial score (nSPS) is 13.1. The van der Waals surface area contributed by atoms with Crippen molar-refractivity contribution >= 4 is 5.69 Å². The predicted molar refractivity (Wildman–Crippen MR) is 46.0 cm³/mol. The van der Waals surface area contributed by atoms with Crippen molar-refractivity contribution in [2.75, 3.05) is 5.73 Å². The minimum absolute atomic E-state index is 0.667. The average Bonchev–Trinajstić information content (AvgIpc) is 2.07. The third kappa shape index (κ3) is 0.993. The summed E-state index contributed by atoms with van der Waals surface area (Å²) in [6.45, 7) is 1.93. The maximum absolute atomic E-state index is 5.68. The van der Waals surface area contributed by atoms with Crippen LogP contribution in [0.1, 0.15) is 5.56 Å². The molecule has 1 aromatic carbocycles. The summed E-state index contributed by atoms with van der Waals surface area (Å²) in [6, 6.07) is 3.61. The Morgan fingerprint density at radius 1 is 1.08 bits per heavy atom. The molecule has 1 aromatic rings. The third-order valence-corrected chi connectivity index (χ3v) is 1.78. The first-order valence-electron chi connectivity index (χ1n) is 3.66. The molecule has 0 aliphatic carbocycles. The molecular weight excluding hydrogens is 154 g/mol. The van der Waals surface area contributed by atoms with Crippen LogP contribution >= 0.6 is 0 Å². The van der Waals surface area contributed by atoms with Gasteiger partial charge in [-0.05, 0) is 18.6 Å². The molecule has 0 radical (unpaired) electrons. The van der Waals surface area contributed by atoms with Gasteiger partial charge in [0.2, 0.25) is 0 Å². The highest BCUT2D eigenvalue weighted by atomic mass is 16.5. The van der Waals surface area contributed by atoms with Crippen molar-refractivity contribution in [2.24, 2.45) is 0 Å². The van der Waals surface area contributed by atoms with E-state index in [0.717, 1.165) is 5.56 Å².